The lowest BCUT2D eigenvalue weighted by atomic mass is 9.65. The van der Waals surface area contributed by atoms with Crippen LogP contribution in [0.15, 0.2) is 36.5 Å². The molecule has 0 saturated heterocycles. The van der Waals surface area contributed by atoms with Gasteiger partial charge in [0.25, 0.3) is 0 Å². The molecule has 94 valence electrons. The molecule has 0 spiro atoms. The lowest BCUT2D eigenvalue weighted by Gasteiger charge is -2.38. The van der Waals surface area contributed by atoms with Crippen molar-refractivity contribution in [2.24, 2.45) is 17.3 Å². The average molecular weight is 232 g/mol. The summed E-state index contributed by atoms with van der Waals surface area (Å²) >= 11 is 0. The zero-order valence-corrected chi connectivity index (χ0v) is 11.3. The van der Waals surface area contributed by atoms with E-state index in [0.717, 1.165) is 25.5 Å². The van der Waals surface area contributed by atoms with Gasteiger partial charge in [-0.25, -0.2) is 0 Å². The molecule has 1 aliphatic rings. The van der Waals surface area contributed by atoms with E-state index in [1.807, 2.05) is 13.0 Å². The molecule has 0 radical (unpaired) electrons. The van der Waals surface area contributed by atoms with Gasteiger partial charge < -0.3 is 4.79 Å². The number of allylic oxidation sites excluding steroid dienone is 4. The van der Waals surface area contributed by atoms with Crippen LogP contribution in [0.5, 0.6) is 0 Å². The predicted octanol–water partition coefficient (Wildman–Crippen LogP) is 4.32. The zero-order chi connectivity index (χ0) is 13.1. The third kappa shape index (κ3) is 2.96. The Bertz CT molecular complexity index is 351. The Balaban J connectivity index is 2.98. The Labute approximate surface area is 105 Å². The van der Waals surface area contributed by atoms with Gasteiger partial charge in [-0.15, -0.1) is 6.58 Å². The van der Waals surface area contributed by atoms with E-state index >= 15 is 0 Å². The number of hydrogen-bond acceptors (Lipinski definition) is 1. The van der Waals surface area contributed by atoms with Crippen molar-refractivity contribution in [2.75, 3.05) is 0 Å². The van der Waals surface area contributed by atoms with Crippen LogP contribution in [0.1, 0.15) is 40.0 Å². The number of carbonyl (C=O) groups is 1. The minimum atomic E-state index is -0.309. The van der Waals surface area contributed by atoms with Gasteiger partial charge in [0.1, 0.15) is 6.29 Å². The van der Waals surface area contributed by atoms with Gasteiger partial charge >= 0.3 is 0 Å². The molecule has 1 aliphatic carbocycles. The fourth-order valence-corrected chi connectivity index (χ4v) is 2.81. The summed E-state index contributed by atoms with van der Waals surface area (Å²) < 4.78 is 0. The van der Waals surface area contributed by atoms with Gasteiger partial charge in [0, 0.05) is 5.41 Å². The van der Waals surface area contributed by atoms with Crippen LogP contribution in [0.3, 0.4) is 0 Å². The molecule has 0 fully saturated rings. The molecular formula is C16H24O. The SMILES string of the molecule is C=CCC(C)(C=O)[C@H]1C[C@@H](C(=C)C)CC=C1C. The molecule has 0 heterocycles. The summed E-state index contributed by atoms with van der Waals surface area (Å²) in [6.07, 6.45) is 8.10. The van der Waals surface area contributed by atoms with Crippen LogP contribution in [-0.2, 0) is 4.79 Å². The number of hydrogen-bond donors (Lipinski definition) is 0. The molecule has 0 bridgehead atoms. The molecule has 0 amide bonds. The van der Waals surface area contributed by atoms with E-state index in [1.165, 1.54) is 11.1 Å². The summed E-state index contributed by atoms with van der Waals surface area (Å²) in [7, 11) is 0. The lowest BCUT2D eigenvalue weighted by molar-refractivity contribution is -0.117. The third-order valence-corrected chi connectivity index (χ3v) is 4.14. The number of aldehydes is 1. The molecule has 1 nitrogen and oxygen atoms in total. The van der Waals surface area contributed by atoms with Crippen molar-refractivity contribution < 1.29 is 4.79 Å². The minimum absolute atomic E-state index is 0.309. The second-order valence-electron chi connectivity index (χ2n) is 5.63. The summed E-state index contributed by atoms with van der Waals surface area (Å²) in [5, 5.41) is 0. The second-order valence-corrected chi connectivity index (χ2v) is 5.63. The number of rotatable bonds is 5. The predicted molar refractivity (Wildman–Crippen MR) is 73.8 cm³/mol. The maximum absolute atomic E-state index is 11.4. The van der Waals surface area contributed by atoms with Gasteiger partial charge in [0.05, 0.1) is 0 Å². The number of carbonyl (C=O) groups excluding carboxylic acids is 1. The molecule has 3 atom stereocenters. The maximum Gasteiger partial charge on any atom is 0.126 e. The van der Waals surface area contributed by atoms with Crippen molar-refractivity contribution in [3.05, 3.63) is 36.5 Å². The van der Waals surface area contributed by atoms with Gasteiger partial charge in [-0.3, -0.25) is 0 Å². The van der Waals surface area contributed by atoms with Crippen molar-refractivity contribution >= 4 is 6.29 Å². The van der Waals surface area contributed by atoms with Crippen molar-refractivity contribution in [3.63, 3.8) is 0 Å². The van der Waals surface area contributed by atoms with Crippen molar-refractivity contribution in [1.29, 1.82) is 0 Å². The van der Waals surface area contributed by atoms with Crippen LogP contribution in [0, 0.1) is 17.3 Å². The van der Waals surface area contributed by atoms with Crippen molar-refractivity contribution in [2.45, 2.75) is 40.0 Å². The first kappa shape index (κ1) is 14.0. The van der Waals surface area contributed by atoms with Gasteiger partial charge in [-0.05, 0) is 44.9 Å². The molecule has 0 N–H and O–H groups in total. The Hall–Kier alpha value is -1.11. The van der Waals surface area contributed by atoms with Gasteiger partial charge in [0.15, 0.2) is 0 Å². The largest absolute Gasteiger partial charge is 0.303 e. The molecule has 1 unspecified atom stereocenters. The van der Waals surface area contributed by atoms with Crippen LogP contribution in [0.25, 0.3) is 0 Å². The highest BCUT2D eigenvalue weighted by molar-refractivity contribution is 5.61. The fourth-order valence-electron chi connectivity index (χ4n) is 2.81. The Morgan fingerprint density at radius 2 is 2.29 bits per heavy atom. The summed E-state index contributed by atoms with van der Waals surface area (Å²) in [4.78, 5) is 11.4. The molecule has 0 aromatic rings. The summed E-state index contributed by atoms with van der Waals surface area (Å²) in [6.45, 7) is 14.1. The Morgan fingerprint density at radius 3 is 2.76 bits per heavy atom. The first-order valence-electron chi connectivity index (χ1n) is 6.34. The molecule has 0 saturated carbocycles. The second kappa shape index (κ2) is 5.48. The Morgan fingerprint density at radius 1 is 1.65 bits per heavy atom. The van der Waals surface area contributed by atoms with Crippen molar-refractivity contribution in [3.8, 4) is 0 Å². The average Bonchev–Trinajstić information content (AvgIpc) is 2.29. The highest BCUT2D eigenvalue weighted by Gasteiger charge is 2.37. The first-order valence-corrected chi connectivity index (χ1v) is 6.34. The molecule has 17 heavy (non-hydrogen) atoms. The van der Waals surface area contributed by atoms with E-state index in [1.54, 1.807) is 0 Å². The quantitative estimate of drug-likeness (QED) is 0.509. The standard InChI is InChI=1S/C16H24O/c1-6-9-16(5,11-17)15-10-14(12(2)3)8-7-13(15)4/h6-7,11,14-15H,1-2,8-10H2,3-5H3/t14-,15-,16?/m0/s1. The summed E-state index contributed by atoms with van der Waals surface area (Å²) in [5.74, 6) is 0.848. The fraction of sp³-hybridized carbons (Fsp3) is 0.562. The molecule has 0 aromatic heterocycles. The smallest absolute Gasteiger partial charge is 0.126 e. The van der Waals surface area contributed by atoms with Gasteiger partial charge in [-0.1, -0.05) is 36.8 Å². The van der Waals surface area contributed by atoms with E-state index in [9.17, 15) is 4.79 Å². The molecule has 0 aromatic carbocycles. The molecule has 1 heteroatoms. The maximum atomic E-state index is 11.4. The van der Waals surface area contributed by atoms with Gasteiger partial charge in [-0.2, -0.15) is 0 Å². The summed E-state index contributed by atoms with van der Waals surface area (Å²) in [6, 6.07) is 0. The first-order chi connectivity index (χ1) is 7.94. The topological polar surface area (TPSA) is 17.1 Å². The van der Waals surface area contributed by atoms with Crippen LogP contribution in [0.4, 0.5) is 0 Å². The minimum Gasteiger partial charge on any atom is -0.303 e. The molecule has 1 rings (SSSR count). The zero-order valence-electron chi connectivity index (χ0n) is 11.3. The van der Waals surface area contributed by atoms with Crippen LogP contribution < -0.4 is 0 Å². The normalized spacial score (nSPS) is 27.8. The Kier molecular flexibility index (Phi) is 4.50. The van der Waals surface area contributed by atoms with E-state index in [0.29, 0.717) is 11.8 Å². The van der Waals surface area contributed by atoms with Crippen LogP contribution in [0.2, 0.25) is 0 Å². The summed E-state index contributed by atoms with van der Waals surface area (Å²) in [5.41, 5.74) is 2.26. The van der Waals surface area contributed by atoms with Crippen molar-refractivity contribution in [1.82, 2.24) is 0 Å². The monoisotopic (exact) mass is 232 g/mol. The van der Waals surface area contributed by atoms with E-state index in [4.69, 9.17) is 0 Å². The van der Waals surface area contributed by atoms with E-state index in [2.05, 4.69) is 33.1 Å². The van der Waals surface area contributed by atoms with E-state index < -0.39 is 0 Å². The van der Waals surface area contributed by atoms with Crippen LogP contribution >= 0.6 is 0 Å². The van der Waals surface area contributed by atoms with E-state index in [-0.39, 0.29) is 5.41 Å². The highest BCUT2D eigenvalue weighted by atomic mass is 16.1. The highest BCUT2D eigenvalue weighted by Crippen LogP contribution is 2.43. The molecule has 0 aliphatic heterocycles. The third-order valence-electron chi connectivity index (χ3n) is 4.14. The lowest BCUT2D eigenvalue weighted by Crippen LogP contribution is -2.33. The van der Waals surface area contributed by atoms with Gasteiger partial charge in [0.2, 0.25) is 0 Å². The van der Waals surface area contributed by atoms with Crippen LogP contribution in [-0.4, -0.2) is 6.29 Å². The molecular weight excluding hydrogens is 208 g/mol.